The Balaban J connectivity index is 3.17. The lowest BCUT2D eigenvalue weighted by Crippen LogP contribution is -2.21. The first-order chi connectivity index (χ1) is 5.43. The van der Waals surface area contributed by atoms with Gasteiger partial charge < -0.3 is 10.1 Å². The minimum absolute atomic E-state index is 0.542. The second-order valence-corrected chi connectivity index (χ2v) is 1.63. The van der Waals surface area contributed by atoms with Crippen LogP contribution >= 0.6 is 0 Å². The average molecular weight is 183 g/mol. The van der Waals surface area contributed by atoms with Crippen molar-refractivity contribution in [1.29, 1.82) is 0 Å². The van der Waals surface area contributed by atoms with E-state index in [0.29, 0.717) is 0 Å². The van der Waals surface area contributed by atoms with E-state index in [-0.39, 0.29) is 0 Å². The Bertz CT molecular complexity index is 304. The summed E-state index contributed by atoms with van der Waals surface area (Å²) in [5.41, 5.74) is 0. The van der Waals surface area contributed by atoms with Crippen molar-refractivity contribution in [2.24, 2.45) is 0 Å². The van der Waals surface area contributed by atoms with Gasteiger partial charge in [0.05, 0.1) is 9.82 Å². The Labute approximate surface area is 61.9 Å². The molecule has 7 nitrogen and oxygen atoms in total. The van der Waals surface area contributed by atoms with Crippen LogP contribution in [0.2, 0.25) is 0 Å². The number of hydrogen-bond acceptors (Lipinski definition) is 5. The molecular weight excluding hydrogens is 183 g/mol. The number of hydrogen-bond donors (Lipinski definition) is 0. The molecule has 1 heterocycles. The molecule has 0 fully saturated rings. The topological polar surface area (TPSA) is 86.7 Å². The molecule has 0 radical (unpaired) electrons. The molecule has 0 saturated carbocycles. The third kappa shape index (κ3) is 1.31. The quantitative estimate of drug-likeness (QED) is 0.441. The van der Waals surface area contributed by atoms with E-state index in [1.807, 2.05) is 0 Å². The normalized spacial score (nSPS) is 11.6. The van der Waals surface area contributed by atoms with Crippen LogP contribution in [0.5, 0.6) is 0 Å². The van der Waals surface area contributed by atoms with Gasteiger partial charge >= 0.3 is 12.0 Å². The minimum atomic E-state index is -4.92. The maximum absolute atomic E-state index is 11.8. The standard InChI is InChI=1S/C2F3N5O2/c3-2(4,5)1-6-7-8-9(1)10(11)12. The van der Waals surface area contributed by atoms with E-state index in [0.717, 1.165) is 0 Å². The van der Waals surface area contributed by atoms with Crippen LogP contribution in [0.3, 0.4) is 0 Å². The van der Waals surface area contributed by atoms with Crippen LogP contribution in [-0.2, 0) is 6.18 Å². The second-order valence-electron chi connectivity index (χ2n) is 1.63. The number of nitro groups is 1. The summed E-state index contributed by atoms with van der Waals surface area (Å²) in [6.45, 7) is 0. The molecule has 0 aromatic carbocycles. The molecule has 66 valence electrons. The van der Waals surface area contributed by atoms with Crippen molar-refractivity contribution in [2.75, 3.05) is 0 Å². The molecule has 1 aromatic heterocycles. The fraction of sp³-hybridized carbons (Fsp3) is 0.500. The van der Waals surface area contributed by atoms with Crippen LogP contribution in [0, 0.1) is 10.1 Å². The molecule has 10 heteroatoms. The summed E-state index contributed by atoms with van der Waals surface area (Å²) in [6.07, 6.45) is -4.92. The van der Waals surface area contributed by atoms with Crippen LogP contribution in [0.25, 0.3) is 0 Å². The van der Waals surface area contributed by atoms with E-state index in [1.54, 1.807) is 0 Å². The van der Waals surface area contributed by atoms with Gasteiger partial charge in [-0.05, 0) is 0 Å². The van der Waals surface area contributed by atoms with E-state index < -0.39 is 21.8 Å². The van der Waals surface area contributed by atoms with Gasteiger partial charge in [-0.15, -0.1) is 0 Å². The lowest BCUT2D eigenvalue weighted by molar-refractivity contribution is -0.558. The molecule has 0 amide bonds. The Hall–Kier alpha value is -1.74. The van der Waals surface area contributed by atoms with Gasteiger partial charge in [0.1, 0.15) is 5.21 Å². The Morgan fingerprint density at radius 3 is 2.42 bits per heavy atom. The van der Waals surface area contributed by atoms with Crippen molar-refractivity contribution in [3.63, 3.8) is 0 Å². The fourth-order valence-electron chi connectivity index (χ4n) is 0.463. The third-order valence-corrected chi connectivity index (χ3v) is 0.862. The predicted octanol–water partition coefficient (Wildman–Crippen LogP) is -0.268. The molecule has 0 aliphatic heterocycles. The molecule has 1 rings (SSSR count). The zero-order valence-corrected chi connectivity index (χ0v) is 5.19. The minimum Gasteiger partial charge on any atom is -0.339 e. The van der Waals surface area contributed by atoms with Crippen LogP contribution < -0.4 is 0 Å². The molecule has 12 heavy (non-hydrogen) atoms. The smallest absolute Gasteiger partial charge is 0.339 e. The van der Waals surface area contributed by atoms with Gasteiger partial charge in [-0.2, -0.15) is 13.2 Å². The van der Waals surface area contributed by atoms with E-state index in [2.05, 4.69) is 15.5 Å². The average Bonchev–Trinajstić information content (AvgIpc) is 2.30. The number of aromatic nitrogens is 4. The molecule has 0 unspecified atom stereocenters. The van der Waals surface area contributed by atoms with Crippen molar-refractivity contribution >= 4 is 0 Å². The van der Waals surface area contributed by atoms with Gasteiger partial charge in [0.2, 0.25) is 5.21 Å². The first-order valence-electron chi connectivity index (χ1n) is 2.43. The molecule has 0 spiro atoms. The fourth-order valence-corrected chi connectivity index (χ4v) is 0.463. The lowest BCUT2D eigenvalue weighted by Gasteiger charge is -1.99. The highest BCUT2D eigenvalue weighted by Crippen LogP contribution is 2.25. The zero-order valence-electron chi connectivity index (χ0n) is 5.19. The molecule has 0 saturated heterocycles. The summed E-state index contributed by atoms with van der Waals surface area (Å²) in [5.74, 6) is -1.76. The first kappa shape index (κ1) is 8.36. The van der Waals surface area contributed by atoms with Gasteiger partial charge in [-0.1, -0.05) is 5.10 Å². The Morgan fingerprint density at radius 2 is 2.08 bits per heavy atom. The Morgan fingerprint density at radius 1 is 1.50 bits per heavy atom. The van der Waals surface area contributed by atoms with Crippen molar-refractivity contribution in [3.8, 4) is 0 Å². The summed E-state index contributed by atoms with van der Waals surface area (Å²) < 4.78 is 35.3. The molecular formula is C2F3N5O2. The van der Waals surface area contributed by atoms with Gasteiger partial charge in [-0.3, -0.25) is 0 Å². The highest BCUT2D eigenvalue weighted by molar-refractivity contribution is 4.83. The summed E-state index contributed by atoms with van der Waals surface area (Å²) >= 11 is 0. The van der Waals surface area contributed by atoms with Crippen molar-refractivity contribution < 1.29 is 18.2 Å². The number of nitrogens with zero attached hydrogens (tertiary/aromatic N) is 5. The zero-order chi connectivity index (χ0) is 9.35. The van der Waals surface area contributed by atoms with Crippen LogP contribution in [0.1, 0.15) is 5.82 Å². The number of tetrazole rings is 1. The second kappa shape index (κ2) is 2.39. The lowest BCUT2D eigenvalue weighted by atomic mass is 10.6. The van der Waals surface area contributed by atoms with Gasteiger partial charge in [-0.25, -0.2) is 0 Å². The third-order valence-electron chi connectivity index (χ3n) is 0.862. The maximum atomic E-state index is 11.8. The van der Waals surface area contributed by atoms with E-state index >= 15 is 0 Å². The summed E-state index contributed by atoms with van der Waals surface area (Å²) in [5, 5.41) is 16.0. The van der Waals surface area contributed by atoms with Gasteiger partial charge in [0.25, 0.3) is 0 Å². The van der Waals surface area contributed by atoms with Crippen LogP contribution in [-0.4, -0.2) is 25.3 Å². The highest BCUT2D eigenvalue weighted by Gasteiger charge is 2.42. The van der Waals surface area contributed by atoms with Crippen molar-refractivity contribution in [1.82, 2.24) is 20.3 Å². The van der Waals surface area contributed by atoms with Gasteiger partial charge in [0, 0.05) is 0 Å². The summed E-state index contributed by atoms with van der Waals surface area (Å²) in [4.78, 5) is 9.31. The molecule has 0 aliphatic carbocycles. The number of halogens is 3. The number of alkyl halides is 3. The van der Waals surface area contributed by atoms with Crippen LogP contribution in [0.15, 0.2) is 0 Å². The molecule has 0 atom stereocenters. The predicted molar refractivity (Wildman–Crippen MR) is 25.2 cm³/mol. The molecule has 0 N–H and O–H groups in total. The monoisotopic (exact) mass is 183 g/mol. The highest BCUT2D eigenvalue weighted by atomic mass is 19.4. The van der Waals surface area contributed by atoms with Crippen LogP contribution in [0.4, 0.5) is 13.2 Å². The largest absolute Gasteiger partial charge is 0.459 e. The number of rotatable bonds is 1. The Kier molecular flexibility index (Phi) is 1.66. The molecule has 1 aromatic rings. The van der Waals surface area contributed by atoms with E-state index in [9.17, 15) is 23.3 Å². The SMILES string of the molecule is O=[N+]([O-])n1nnnc1C(F)(F)F. The van der Waals surface area contributed by atoms with Gasteiger partial charge in [0.15, 0.2) is 0 Å². The van der Waals surface area contributed by atoms with E-state index in [1.165, 1.54) is 0 Å². The van der Waals surface area contributed by atoms with Crippen molar-refractivity contribution in [3.05, 3.63) is 15.9 Å². The maximum Gasteiger partial charge on any atom is 0.459 e. The molecule has 0 bridgehead atoms. The first-order valence-corrected chi connectivity index (χ1v) is 2.43. The van der Waals surface area contributed by atoms with Crippen molar-refractivity contribution in [2.45, 2.75) is 6.18 Å². The molecule has 0 aliphatic rings. The summed E-state index contributed by atoms with van der Waals surface area (Å²) in [6, 6.07) is 0. The van der Waals surface area contributed by atoms with E-state index in [4.69, 9.17) is 0 Å². The summed E-state index contributed by atoms with van der Waals surface area (Å²) in [7, 11) is 0.